The van der Waals surface area contributed by atoms with Crippen molar-refractivity contribution in [2.75, 3.05) is 135 Å². The molecule has 0 unspecified atom stereocenters. The number of anilines is 7. The minimum Gasteiger partial charge on any atom is -0.369 e. The summed E-state index contributed by atoms with van der Waals surface area (Å²) >= 11 is 0. The Morgan fingerprint density at radius 1 is 0.435 bits per heavy atom. The Bertz CT molecular complexity index is 4820. The zero-order valence-electron chi connectivity index (χ0n) is 62.2. The molecular weight excluding hydrogens is 1350 g/mol. The van der Waals surface area contributed by atoms with Gasteiger partial charge in [0.25, 0.3) is 0 Å². The van der Waals surface area contributed by atoms with E-state index in [2.05, 4.69) is 184 Å². The summed E-state index contributed by atoms with van der Waals surface area (Å²) in [7, 11) is 6.51. The van der Waals surface area contributed by atoms with Crippen molar-refractivity contribution in [3.63, 3.8) is 0 Å². The first-order valence-corrected chi connectivity index (χ1v) is 36.7. The lowest BCUT2D eigenvalue weighted by Crippen LogP contribution is -2.44. The smallest absolute Gasteiger partial charge is 0.247 e. The summed E-state index contributed by atoms with van der Waals surface area (Å²) in [5.41, 5.74) is 15.0. The van der Waals surface area contributed by atoms with E-state index in [-0.39, 0.29) is 23.6 Å². The van der Waals surface area contributed by atoms with Crippen molar-refractivity contribution in [3.8, 4) is 0 Å². The summed E-state index contributed by atoms with van der Waals surface area (Å²) in [5.74, 6) is 2.15. The fourth-order valence-corrected chi connectivity index (χ4v) is 13.8. The van der Waals surface area contributed by atoms with E-state index in [1.54, 1.807) is 23.6 Å². The molecule has 6 aromatic carbocycles. The molecule has 11 aromatic rings. The third-order valence-corrected chi connectivity index (χ3v) is 20.2. The van der Waals surface area contributed by atoms with Crippen molar-refractivity contribution in [1.29, 1.82) is 0 Å². The van der Waals surface area contributed by atoms with Gasteiger partial charge in [0.1, 0.15) is 34.5 Å². The van der Waals surface area contributed by atoms with Crippen LogP contribution in [0.1, 0.15) is 70.3 Å². The van der Waals surface area contributed by atoms with Gasteiger partial charge in [-0.1, -0.05) is 92.5 Å². The van der Waals surface area contributed by atoms with Crippen LogP contribution in [-0.4, -0.2) is 182 Å². The Hall–Kier alpha value is -12.1. The van der Waals surface area contributed by atoms with Crippen LogP contribution < -0.4 is 35.6 Å². The molecule has 9 heterocycles. The highest BCUT2D eigenvalue weighted by Crippen LogP contribution is 2.41. The highest BCUT2D eigenvalue weighted by Gasteiger charge is 2.45. The average Bonchev–Trinajstić information content (AvgIpc) is 1.59. The minimum absolute atomic E-state index is 0.0176. The largest absolute Gasteiger partial charge is 0.369 e. The Kier molecular flexibility index (Phi) is 23.4. The molecule has 3 N–H and O–H groups in total. The number of likely N-dealkylation sites (N-methyl/N-ethyl adjacent to an activating group) is 3. The number of carbonyl (C=O) groups excluding carboxylic acids is 4. The van der Waals surface area contributed by atoms with Crippen LogP contribution in [0.4, 0.5) is 39.9 Å². The van der Waals surface area contributed by atoms with E-state index in [1.807, 2.05) is 110 Å². The molecule has 23 nitrogen and oxygen atoms in total. The Balaban J connectivity index is 0.000000143. The van der Waals surface area contributed by atoms with E-state index in [0.29, 0.717) is 56.2 Å². The molecule has 0 aliphatic carbocycles. The van der Waals surface area contributed by atoms with Crippen molar-refractivity contribution in [1.82, 2.24) is 58.7 Å². The number of hydrogen-bond acceptors (Lipinski definition) is 17. The first-order chi connectivity index (χ1) is 52.4. The molecule has 108 heavy (non-hydrogen) atoms. The molecule has 5 aromatic heterocycles. The molecule has 0 atom stereocenters. The van der Waals surface area contributed by atoms with E-state index >= 15 is 0 Å². The number of imidazole rings is 1. The minimum atomic E-state index is -0.716. The normalized spacial score (nSPS) is 15.2. The second-order valence-electron chi connectivity index (χ2n) is 28.5. The molecule has 3 saturated heterocycles. The molecule has 4 amide bonds. The summed E-state index contributed by atoms with van der Waals surface area (Å²) < 4.78 is 4.12. The Morgan fingerprint density at radius 3 is 1.26 bits per heavy atom. The molecule has 0 spiro atoms. The van der Waals surface area contributed by atoms with Crippen molar-refractivity contribution >= 4 is 85.8 Å². The molecule has 23 heteroatoms. The van der Waals surface area contributed by atoms with Crippen LogP contribution in [-0.2, 0) is 63.5 Å². The summed E-state index contributed by atoms with van der Waals surface area (Å²) in [6.45, 7) is 28.8. The fourth-order valence-electron chi connectivity index (χ4n) is 13.8. The Labute approximate surface area is 631 Å². The van der Waals surface area contributed by atoms with Crippen molar-refractivity contribution in [3.05, 3.63) is 277 Å². The predicted molar refractivity (Wildman–Crippen MR) is 430 cm³/mol. The van der Waals surface area contributed by atoms with E-state index in [1.165, 1.54) is 46.4 Å². The number of piperazine rings is 3. The SMILES string of the molecule is C=CC(=O)Nc1cccc(CN2C(=O)C(C)(C)c3cnc(Cc4ccc(N5CCN(C)CC5)cc4)nc32)c1.C=CC(=O)Nc1cccc(Cn2ccc3cnc(Cc4ccc(N5CCN(C)CC5)cc4)nc32)c1.C=CC(=O)Nc1cccc(Cn2cnc3cnc(Cc4ccc(N5CCN(C)CC5)cc4)nc32)c1. The summed E-state index contributed by atoms with van der Waals surface area (Å²) in [6.07, 6.45) is 15.0. The number of carbonyl (C=O) groups is 4. The maximum absolute atomic E-state index is 13.4. The van der Waals surface area contributed by atoms with Crippen molar-refractivity contribution < 1.29 is 19.2 Å². The predicted octanol–water partition coefficient (Wildman–Crippen LogP) is 11.1. The van der Waals surface area contributed by atoms with E-state index < -0.39 is 5.41 Å². The van der Waals surface area contributed by atoms with Gasteiger partial charge in [-0.2, -0.15) is 0 Å². The number of hydrogen-bond donors (Lipinski definition) is 3. The lowest BCUT2D eigenvalue weighted by Gasteiger charge is -2.34. The van der Waals surface area contributed by atoms with Crippen LogP contribution >= 0.6 is 0 Å². The van der Waals surface area contributed by atoms with E-state index in [9.17, 15) is 19.2 Å². The highest BCUT2D eigenvalue weighted by molar-refractivity contribution is 6.06. The van der Waals surface area contributed by atoms with Gasteiger partial charge < -0.3 is 54.5 Å². The zero-order chi connectivity index (χ0) is 75.3. The highest BCUT2D eigenvalue weighted by atomic mass is 16.2. The maximum Gasteiger partial charge on any atom is 0.247 e. The molecule has 4 aliphatic heterocycles. The van der Waals surface area contributed by atoms with Crippen LogP contribution in [0.2, 0.25) is 0 Å². The summed E-state index contributed by atoms with van der Waals surface area (Å²) in [4.78, 5) is 97.3. The van der Waals surface area contributed by atoms with Gasteiger partial charge in [0.05, 0.1) is 31.0 Å². The number of aromatic nitrogens is 9. The van der Waals surface area contributed by atoms with Gasteiger partial charge in [0.15, 0.2) is 5.65 Å². The van der Waals surface area contributed by atoms with Gasteiger partial charge in [0, 0.05) is 168 Å². The fraction of sp³-hybridized carbons (Fsp3) is 0.282. The van der Waals surface area contributed by atoms with Gasteiger partial charge in [-0.05, 0) is 165 Å². The molecule has 3 fully saturated rings. The van der Waals surface area contributed by atoms with Crippen LogP contribution in [0, 0.1) is 0 Å². The van der Waals surface area contributed by atoms with Gasteiger partial charge >= 0.3 is 0 Å². The third kappa shape index (κ3) is 18.6. The molecule has 15 rings (SSSR count). The topological polar surface area (TPSA) is 227 Å². The lowest BCUT2D eigenvalue weighted by molar-refractivity contribution is -0.122. The van der Waals surface area contributed by atoms with Crippen molar-refractivity contribution in [2.45, 2.75) is 58.2 Å². The van der Waals surface area contributed by atoms with Gasteiger partial charge in [-0.3, -0.25) is 24.1 Å². The summed E-state index contributed by atoms with van der Waals surface area (Å²) in [5, 5.41) is 9.40. The molecule has 0 radical (unpaired) electrons. The zero-order valence-corrected chi connectivity index (χ0v) is 62.2. The Morgan fingerprint density at radius 2 is 0.824 bits per heavy atom. The second kappa shape index (κ2) is 34.0. The van der Waals surface area contributed by atoms with Crippen molar-refractivity contribution in [2.24, 2.45) is 0 Å². The third-order valence-electron chi connectivity index (χ3n) is 20.2. The maximum atomic E-state index is 13.4. The number of amides is 4. The average molecular weight is 1440 g/mol. The van der Waals surface area contributed by atoms with Crippen LogP contribution in [0.3, 0.4) is 0 Å². The molecule has 4 aliphatic rings. The monoisotopic (exact) mass is 1440 g/mol. The number of nitrogens with one attached hydrogen (secondary N) is 3. The lowest BCUT2D eigenvalue weighted by atomic mass is 9.88. The van der Waals surface area contributed by atoms with Gasteiger partial charge in [0.2, 0.25) is 23.6 Å². The summed E-state index contributed by atoms with van der Waals surface area (Å²) in [6, 6.07) is 51.2. The number of benzene rings is 6. The standard InChI is InChI=1S/C30H34N6O2.C28H30N6O.C27H29N7O/c1-5-27(37)32-23-8-6-7-22(17-23)20-36-28-25(30(2,3)29(36)38)19-31-26(33-28)18-21-9-11-24(12-10-21)35-15-13-34(4)14-16-35;1-3-27(35)30-24-6-4-5-22(17-24)20-34-12-11-23-19-29-26(31-28(23)34)18-21-7-9-25(10-8-21)33-15-13-32(2)14-16-33;1-3-26(35)30-22-6-4-5-21(15-22)18-34-19-29-24-17-28-25(31-27(24)34)16-20-7-9-23(10-8-20)33-13-11-32(2)12-14-33/h5-12,17,19H,1,13-16,18,20H2,2-4H3,(H,32,37);3-12,17,19H,1,13-16,18,20H2,2H3,(H,30,35);3-10,15,17,19H,1,11-14,16,18H2,2H3,(H,30,35). The van der Waals surface area contributed by atoms with Gasteiger partial charge in [-0.15, -0.1) is 0 Å². The molecule has 0 saturated carbocycles. The quantitative estimate of drug-likeness (QED) is 0.0568. The first-order valence-electron chi connectivity index (χ1n) is 36.7. The van der Waals surface area contributed by atoms with Crippen LogP contribution in [0.25, 0.3) is 22.2 Å². The second-order valence-corrected chi connectivity index (χ2v) is 28.5. The molecule has 552 valence electrons. The van der Waals surface area contributed by atoms with Gasteiger partial charge in [-0.25, -0.2) is 34.9 Å². The van der Waals surface area contributed by atoms with E-state index in [0.717, 1.165) is 152 Å². The van der Waals surface area contributed by atoms with E-state index in [4.69, 9.17) is 15.0 Å². The molecule has 0 bridgehead atoms. The van der Waals surface area contributed by atoms with Crippen LogP contribution in [0.5, 0.6) is 0 Å². The molecular formula is C85H93N19O4. The number of rotatable bonds is 21. The number of fused-ring (bicyclic) bond motifs is 3. The van der Waals surface area contributed by atoms with Crippen LogP contribution in [0.15, 0.2) is 221 Å². The first kappa shape index (κ1) is 74.2. The number of nitrogens with zero attached hydrogens (tertiary/aromatic N) is 16.